The van der Waals surface area contributed by atoms with Crippen molar-refractivity contribution in [3.05, 3.63) is 42.4 Å². The number of para-hydroxylation sites is 1. The lowest BCUT2D eigenvalue weighted by atomic mass is 9.82. The number of nitrogens with two attached hydrogens (primary N) is 1. The molecule has 0 spiro atoms. The minimum absolute atomic E-state index is 0.00229. The molecule has 3 rings (SSSR count). The molecular formula is C20H24N4O4. The Morgan fingerprint density at radius 1 is 1.29 bits per heavy atom. The van der Waals surface area contributed by atoms with Crippen molar-refractivity contribution in [3.8, 4) is 17.0 Å². The van der Waals surface area contributed by atoms with Gasteiger partial charge in [0.15, 0.2) is 0 Å². The standard InChI is InChI=1S/C20H24N4O4/c1-27-9-5-8-24-12-20(19(21)26,11-18(24)25)17-10-15(22-13-23-17)14-6-3-4-7-16(14)28-2/h3-4,6-7,10,13H,5,8-9,11-12H2,1-2H3,(H2,21,26). The summed E-state index contributed by atoms with van der Waals surface area (Å²) in [7, 11) is 3.19. The molecular weight excluding hydrogens is 360 g/mol. The Hall–Kier alpha value is -3.00. The van der Waals surface area contributed by atoms with Crippen LogP contribution in [-0.4, -0.2) is 60.6 Å². The number of primary amides is 1. The number of aromatic nitrogens is 2. The SMILES string of the molecule is COCCCN1CC(C(N)=O)(c2cc(-c3ccccc3OC)ncn2)CC1=O. The molecule has 1 saturated heterocycles. The van der Waals surface area contributed by atoms with Crippen molar-refractivity contribution in [1.29, 1.82) is 0 Å². The zero-order valence-corrected chi connectivity index (χ0v) is 16.1. The molecule has 2 aromatic rings. The summed E-state index contributed by atoms with van der Waals surface area (Å²) in [6, 6.07) is 9.16. The molecule has 1 unspecified atom stereocenters. The Bertz CT molecular complexity index is 873. The molecule has 2 amide bonds. The molecule has 148 valence electrons. The zero-order valence-electron chi connectivity index (χ0n) is 16.1. The highest BCUT2D eigenvalue weighted by atomic mass is 16.5. The smallest absolute Gasteiger partial charge is 0.232 e. The summed E-state index contributed by atoms with van der Waals surface area (Å²) in [5.74, 6) is -0.0314. The number of methoxy groups -OCH3 is 2. The van der Waals surface area contributed by atoms with Crippen LogP contribution >= 0.6 is 0 Å². The van der Waals surface area contributed by atoms with Gasteiger partial charge in [-0.05, 0) is 24.6 Å². The van der Waals surface area contributed by atoms with Crippen molar-refractivity contribution in [2.75, 3.05) is 33.9 Å². The minimum Gasteiger partial charge on any atom is -0.496 e. The first-order chi connectivity index (χ1) is 13.5. The second-order valence-corrected chi connectivity index (χ2v) is 6.77. The fourth-order valence-corrected chi connectivity index (χ4v) is 3.53. The number of carbonyl (C=O) groups excluding carboxylic acids is 2. The maximum atomic E-state index is 12.5. The van der Waals surface area contributed by atoms with E-state index in [0.717, 1.165) is 5.56 Å². The largest absolute Gasteiger partial charge is 0.496 e. The van der Waals surface area contributed by atoms with Crippen LogP contribution < -0.4 is 10.5 Å². The molecule has 0 radical (unpaired) electrons. The average Bonchev–Trinajstić information content (AvgIpc) is 3.06. The van der Waals surface area contributed by atoms with Crippen molar-refractivity contribution in [1.82, 2.24) is 14.9 Å². The second-order valence-electron chi connectivity index (χ2n) is 6.77. The zero-order chi connectivity index (χ0) is 20.1. The molecule has 0 aliphatic carbocycles. The number of rotatable bonds is 8. The van der Waals surface area contributed by atoms with Crippen LogP contribution in [0.3, 0.4) is 0 Å². The van der Waals surface area contributed by atoms with Gasteiger partial charge in [-0.2, -0.15) is 0 Å². The van der Waals surface area contributed by atoms with E-state index in [4.69, 9.17) is 15.2 Å². The van der Waals surface area contributed by atoms with E-state index in [1.807, 2.05) is 24.3 Å². The van der Waals surface area contributed by atoms with Gasteiger partial charge in [0.1, 0.15) is 17.5 Å². The third-order valence-electron chi connectivity index (χ3n) is 5.05. The summed E-state index contributed by atoms with van der Waals surface area (Å²) >= 11 is 0. The van der Waals surface area contributed by atoms with Gasteiger partial charge < -0.3 is 20.1 Å². The van der Waals surface area contributed by atoms with E-state index in [0.29, 0.717) is 36.7 Å². The predicted octanol–water partition coefficient (Wildman–Crippen LogP) is 1.14. The summed E-state index contributed by atoms with van der Waals surface area (Å²) in [5.41, 5.74) is 6.41. The third kappa shape index (κ3) is 3.68. The molecule has 1 aliphatic heterocycles. The molecule has 0 bridgehead atoms. The van der Waals surface area contributed by atoms with Crippen molar-refractivity contribution in [2.24, 2.45) is 5.73 Å². The van der Waals surface area contributed by atoms with Gasteiger partial charge in [0.2, 0.25) is 11.8 Å². The van der Waals surface area contributed by atoms with Gasteiger partial charge in [0.05, 0.1) is 18.5 Å². The summed E-state index contributed by atoms with van der Waals surface area (Å²) < 4.78 is 10.4. The Balaban J connectivity index is 1.96. The van der Waals surface area contributed by atoms with Gasteiger partial charge in [-0.1, -0.05) is 12.1 Å². The van der Waals surface area contributed by atoms with Crippen LogP contribution in [0.1, 0.15) is 18.5 Å². The van der Waals surface area contributed by atoms with Gasteiger partial charge in [-0.25, -0.2) is 9.97 Å². The summed E-state index contributed by atoms with van der Waals surface area (Å²) in [6.45, 7) is 1.25. The maximum Gasteiger partial charge on any atom is 0.232 e. The summed E-state index contributed by atoms with van der Waals surface area (Å²) in [6.07, 6.45) is 2.07. The van der Waals surface area contributed by atoms with Crippen LogP contribution in [0.25, 0.3) is 11.3 Å². The van der Waals surface area contributed by atoms with Crippen LogP contribution in [0.15, 0.2) is 36.7 Å². The lowest BCUT2D eigenvalue weighted by Crippen LogP contribution is -2.44. The van der Waals surface area contributed by atoms with Gasteiger partial charge in [-0.3, -0.25) is 9.59 Å². The van der Waals surface area contributed by atoms with Crippen LogP contribution in [0.2, 0.25) is 0 Å². The quantitative estimate of drug-likeness (QED) is 0.684. The highest BCUT2D eigenvalue weighted by Crippen LogP contribution is 2.36. The molecule has 1 aliphatic rings. The van der Waals surface area contributed by atoms with Gasteiger partial charge in [0.25, 0.3) is 0 Å². The van der Waals surface area contributed by atoms with Crippen molar-refractivity contribution in [2.45, 2.75) is 18.3 Å². The lowest BCUT2D eigenvalue weighted by molar-refractivity contribution is -0.129. The second kappa shape index (κ2) is 8.35. The molecule has 1 aromatic carbocycles. The molecule has 8 nitrogen and oxygen atoms in total. The first kappa shape index (κ1) is 19.8. The van der Waals surface area contributed by atoms with Gasteiger partial charge in [0, 0.05) is 38.8 Å². The van der Waals surface area contributed by atoms with Crippen molar-refractivity contribution < 1.29 is 19.1 Å². The molecule has 1 atom stereocenters. The molecule has 8 heteroatoms. The van der Waals surface area contributed by atoms with E-state index in [9.17, 15) is 9.59 Å². The molecule has 1 fully saturated rings. The number of nitrogens with zero attached hydrogens (tertiary/aromatic N) is 3. The Morgan fingerprint density at radius 2 is 2.07 bits per heavy atom. The highest BCUT2D eigenvalue weighted by molar-refractivity contribution is 5.96. The van der Waals surface area contributed by atoms with E-state index < -0.39 is 11.3 Å². The highest BCUT2D eigenvalue weighted by Gasteiger charge is 2.50. The molecule has 2 heterocycles. The van der Waals surface area contributed by atoms with E-state index >= 15 is 0 Å². The normalized spacial score (nSPS) is 19.1. The minimum atomic E-state index is -1.18. The van der Waals surface area contributed by atoms with Gasteiger partial charge >= 0.3 is 0 Å². The fraction of sp³-hybridized carbons (Fsp3) is 0.400. The number of amides is 2. The van der Waals surface area contributed by atoms with Crippen LogP contribution in [-0.2, 0) is 19.7 Å². The van der Waals surface area contributed by atoms with E-state index in [1.54, 1.807) is 25.2 Å². The van der Waals surface area contributed by atoms with Crippen LogP contribution in [0, 0.1) is 0 Å². The first-order valence-electron chi connectivity index (χ1n) is 9.04. The number of ether oxygens (including phenoxy) is 2. The Kier molecular flexibility index (Phi) is 5.89. The number of benzene rings is 1. The molecule has 0 saturated carbocycles. The van der Waals surface area contributed by atoms with E-state index in [2.05, 4.69) is 9.97 Å². The number of carbonyl (C=O) groups is 2. The Labute approximate surface area is 163 Å². The lowest BCUT2D eigenvalue weighted by Gasteiger charge is -2.25. The predicted molar refractivity (Wildman–Crippen MR) is 103 cm³/mol. The fourth-order valence-electron chi connectivity index (χ4n) is 3.53. The number of hydrogen-bond acceptors (Lipinski definition) is 6. The van der Waals surface area contributed by atoms with Crippen molar-refractivity contribution in [3.63, 3.8) is 0 Å². The van der Waals surface area contributed by atoms with E-state index in [1.165, 1.54) is 6.33 Å². The monoisotopic (exact) mass is 384 g/mol. The van der Waals surface area contributed by atoms with Gasteiger partial charge in [-0.15, -0.1) is 0 Å². The van der Waals surface area contributed by atoms with E-state index in [-0.39, 0.29) is 18.9 Å². The molecule has 2 N–H and O–H groups in total. The topological polar surface area (TPSA) is 108 Å². The number of likely N-dealkylation sites (tertiary alicyclic amines) is 1. The third-order valence-corrected chi connectivity index (χ3v) is 5.05. The summed E-state index contributed by atoms with van der Waals surface area (Å²) in [5, 5.41) is 0. The first-order valence-corrected chi connectivity index (χ1v) is 9.04. The molecule has 28 heavy (non-hydrogen) atoms. The number of hydrogen-bond donors (Lipinski definition) is 1. The Morgan fingerprint density at radius 3 is 2.79 bits per heavy atom. The molecule has 1 aromatic heterocycles. The summed E-state index contributed by atoms with van der Waals surface area (Å²) in [4.78, 5) is 35.3. The van der Waals surface area contributed by atoms with Crippen molar-refractivity contribution >= 4 is 11.8 Å². The average molecular weight is 384 g/mol. The van der Waals surface area contributed by atoms with Crippen LogP contribution in [0.4, 0.5) is 0 Å². The van der Waals surface area contributed by atoms with Crippen LogP contribution in [0.5, 0.6) is 5.75 Å². The maximum absolute atomic E-state index is 12.5.